The SMILES string of the molecule is Cc1nn(O)c(N)c1O. The van der Waals surface area contributed by atoms with Gasteiger partial charge in [-0.2, -0.15) is 0 Å². The molecule has 0 aliphatic heterocycles. The van der Waals surface area contributed by atoms with E-state index in [2.05, 4.69) is 5.10 Å². The van der Waals surface area contributed by atoms with E-state index < -0.39 is 0 Å². The lowest BCUT2D eigenvalue weighted by Gasteiger charge is -1.88. The summed E-state index contributed by atoms with van der Waals surface area (Å²) in [5.41, 5.74) is 5.42. The molecule has 1 aromatic heterocycles. The Kier molecular flexibility index (Phi) is 0.985. The molecule has 0 spiro atoms. The molecule has 0 fully saturated rings. The third-order valence-corrected chi connectivity index (χ3v) is 1.05. The lowest BCUT2D eigenvalue weighted by molar-refractivity contribution is 0.153. The number of aromatic nitrogens is 2. The fourth-order valence-corrected chi connectivity index (χ4v) is 0.523. The Bertz CT molecular complexity index is 207. The fourth-order valence-electron chi connectivity index (χ4n) is 0.523. The lowest BCUT2D eigenvalue weighted by atomic mass is 10.4. The number of aromatic hydroxyl groups is 1. The van der Waals surface area contributed by atoms with E-state index in [-0.39, 0.29) is 11.6 Å². The molecule has 0 unspecified atom stereocenters. The number of hydrogen-bond acceptors (Lipinski definition) is 4. The van der Waals surface area contributed by atoms with Crippen molar-refractivity contribution in [2.45, 2.75) is 6.92 Å². The van der Waals surface area contributed by atoms with Crippen LogP contribution in [0.3, 0.4) is 0 Å². The van der Waals surface area contributed by atoms with Crippen LogP contribution in [0.5, 0.6) is 5.75 Å². The number of hydrogen-bond donors (Lipinski definition) is 3. The maximum absolute atomic E-state index is 8.86. The normalized spacial score (nSPS) is 9.89. The largest absolute Gasteiger partial charge is 0.503 e. The monoisotopic (exact) mass is 129 g/mol. The number of nitrogen functional groups attached to an aromatic ring is 1. The van der Waals surface area contributed by atoms with Crippen molar-refractivity contribution in [3.63, 3.8) is 0 Å². The molecule has 0 aromatic carbocycles. The summed E-state index contributed by atoms with van der Waals surface area (Å²) in [5.74, 6) is -0.301. The van der Waals surface area contributed by atoms with Gasteiger partial charge in [0, 0.05) is 0 Å². The van der Waals surface area contributed by atoms with Gasteiger partial charge in [-0.15, -0.1) is 5.10 Å². The quantitative estimate of drug-likeness (QED) is 0.420. The van der Waals surface area contributed by atoms with Crippen molar-refractivity contribution in [1.29, 1.82) is 0 Å². The van der Waals surface area contributed by atoms with Gasteiger partial charge in [-0.25, -0.2) is 0 Å². The van der Waals surface area contributed by atoms with Gasteiger partial charge in [0.25, 0.3) is 0 Å². The first-order chi connectivity index (χ1) is 4.13. The number of aryl methyl sites for hydroxylation is 1. The van der Waals surface area contributed by atoms with Crippen LogP contribution in [0.4, 0.5) is 5.82 Å². The van der Waals surface area contributed by atoms with E-state index in [1.165, 1.54) is 0 Å². The van der Waals surface area contributed by atoms with Crippen LogP contribution < -0.4 is 5.73 Å². The van der Waals surface area contributed by atoms with E-state index >= 15 is 0 Å². The summed E-state index contributed by atoms with van der Waals surface area (Å²) in [4.78, 5) is 0.435. The van der Waals surface area contributed by atoms with Crippen molar-refractivity contribution >= 4 is 5.82 Å². The van der Waals surface area contributed by atoms with Crippen molar-refractivity contribution < 1.29 is 10.3 Å². The van der Waals surface area contributed by atoms with Crippen LogP contribution in [0.1, 0.15) is 5.69 Å². The van der Waals surface area contributed by atoms with Crippen LogP contribution in [0, 0.1) is 6.92 Å². The highest BCUT2D eigenvalue weighted by molar-refractivity contribution is 5.47. The van der Waals surface area contributed by atoms with Crippen molar-refractivity contribution in [2.75, 3.05) is 5.73 Å². The third-order valence-electron chi connectivity index (χ3n) is 1.05. The minimum absolute atomic E-state index is 0.132. The highest BCUT2D eigenvalue weighted by atomic mass is 16.5. The molecular formula is C4H7N3O2. The van der Waals surface area contributed by atoms with E-state index in [4.69, 9.17) is 16.0 Å². The van der Waals surface area contributed by atoms with Crippen LogP contribution in [-0.2, 0) is 0 Å². The molecular weight excluding hydrogens is 122 g/mol. The van der Waals surface area contributed by atoms with Crippen molar-refractivity contribution in [3.05, 3.63) is 5.69 Å². The zero-order chi connectivity index (χ0) is 7.02. The van der Waals surface area contributed by atoms with Crippen molar-refractivity contribution in [2.24, 2.45) is 0 Å². The molecule has 5 heteroatoms. The second kappa shape index (κ2) is 1.54. The highest BCUT2D eigenvalue weighted by Gasteiger charge is 2.08. The van der Waals surface area contributed by atoms with Gasteiger partial charge in [0.15, 0.2) is 5.75 Å². The molecule has 1 heterocycles. The maximum atomic E-state index is 8.86. The predicted molar refractivity (Wildman–Crippen MR) is 30.2 cm³/mol. The summed E-state index contributed by atoms with van der Waals surface area (Å²) < 4.78 is 0. The Labute approximate surface area is 51.3 Å². The first-order valence-corrected chi connectivity index (χ1v) is 2.36. The summed E-state index contributed by atoms with van der Waals surface area (Å²) in [7, 11) is 0. The van der Waals surface area contributed by atoms with Crippen molar-refractivity contribution in [1.82, 2.24) is 9.94 Å². The summed E-state index contributed by atoms with van der Waals surface area (Å²) in [6.07, 6.45) is 0. The molecule has 1 rings (SSSR count). The van der Waals surface area contributed by atoms with E-state index in [1.54, 1.807) is 6.92 Å². The first-order valence-electron chi connectivity index (χ1n) is 2.36. The zero-order valence-electron chi connectivity index (χ0n) is 4.87. The predicted octanol–water partition coefficient (Wildman–Crippen LogP) is -0.283. The fraction of sp³-hybridized carbons (Fsp3) is 0.250. The molecule has 0 saturated carbocycles. The van der Waals surface area contributed by atoms with Crippen LogP contribution in [0.2, 0.25) is 0 Å². The van der Waals surface area contributed by atoms with Gasteiger partial charge in [-0.3, -0.25) is 0 Å². The molecule has 0 bridgehead atoms. The Morgan fingerprint density at radius 3 is 2.33 bits per heavy atom. The maximum Gasteiger partial charge on any atom is 0.205 e. The summed E-state index contributed by atoms with van der Waals surface area (Å²) in [5, 5.41) is 20.9. The smallest absolute Gasteiger partial charge is 0.205 e. The highest BCUT2D eigenvalue weighted by Crippen LogP contribution is 2.21. The molecule has 9 heavy (non-hydrogen) atoms. The van der Waals surface area contributed by atoms with Gasteiger partial charge in [-0.1, -0.05) is 4.85 Å². The zero-order valence-corrected chi connectivity index (χ0v) is 4.87. The van der Waals surface area contributed by atoms with E-state index in [0.717, 1.165) is 0 Å². The second-order valence-corrected chi connectivity index (χ2v) is 1.71. The Hall–Kier alpha value is -1.39. The van der Waals surface area contributed by atoms with Gasteiger partial charge in [0.2, 0.25) is 5.82 Å². The Morgan fingerprint density at radius 1 is 1.67 bits per heavy atom. The molecule has 4 N–H and O–H groups in total. The number of nitrogens with two attached hydrogens (primary N) is 1. The summed E-state index contributed by atoms with van der Waals surface area (Å²) in [6.45, 7) is 1.54. The summed E-state index contributed by atoms with van der Waals surface area (Å²) >= 11 is 0. The number of rotatable bonds is 0. The molecule has 5 nitrogen and oxygen atoms in total. The van der Waals surface area contributed by atoms with Gasteiger partial charge in [-0.05, 0) is 6.92 Å². The Balaban J connectivity index is 3.29. The lowest BCUT2D eigenvalue weighted by Crippen LogP contribution is -1.98. The minimum Gasteiger partial charge on any atom is -0.503 e. The average Bonchev–Trinajstić information content (AvgIpc) is 1.98. The average molecular weight is 129 g/mol. The standard InChI is InChI=1S/C4H7N3O2/c1-2-3(8)4(5)7(9)6-2/h8-9H,5H2,1H3. The molecule has 1 aromatic rings. The molecule has 0 aliphatic carbocycles. The number of anilines is 1. The van der Waals surface area contributed by atoms with Crippen LogP contribution in [-0.4, -0.2) is 20.3 Å². The van der Waals surface area contributed by atoms with Gasteiger partial charge in [0.1, 0.15) is 5.69 Å². The van der Waals surface area contributed by atoms with Gasteiger partial charge >= 0.3 is 0 Å². The Morgan fingerprint density at radius 2 is 2.22 bits per heavy atom. The molecule has 0 aliphatic rings. The van der Waals surface area contributed by atoms with Gasteiger partial charge in [0.05, 0.1) is 0 Å². The minimum atomic E-state index is -0.169. The molecule has 0 atom stereocenters. The van der Waals surface area contributed by atoms with Crippen LogP contribution in [0.15, 0.2) is 0 Å². The van der Waals surface area contributed by atoms with Gasteiger partial charge < -0.3 is 16.0 Å². The van der Waals surface area contributed by atoms with Crippen LogP contribution in [0.25, 0.3) is 0 Å². The van der Waals surface area contributed by atoms with Crippen molar-refractivity contribution in [3.8, 4) is 5.75 Å². The van der Waals surface area contributed by atoms with E-state index in [9.17, 15) is 0 Å². The van der Waals surface area contributed by atoms with E-state index in [0.29, 0.717) is 10.5 Å². The van der Waals surface area contributed by atoms with Crippen LogP contribution >= 0.6 is 0 Å². The first kappa shape index (κ1) is 5.74. The topological polar surface area (TPSA) is 84.3 Å². The van der Waals surface area contributed by atoms with E-state index in [1.807, 2.05) is 0 Å². The number of nitrogens with zero attached hydrogens (tertiary/aromatic N) is 2. The summed E-state index contributed by atoms with van der Waals surface area (Å²) in [6, 6.07) is 0. The second-order valence-electron chi connectivity index (χ2n) is 1.71. The third kappa shape index (κ3) is 0.658. The molecule has 0 saturated heterocycles. The molecule has 50 valence electrons. The molecule has 0 amide bonds. The molecule has 0 radical (unpaired) electrons.